The van der Waals surface area contributed by atoms with Gasteiger partial charge in [0.2, 0.25) is 0 Å². The van der Waals surface area contributed by atoms with E-state index in [0.29, 0.717) is 17.8 Å². The van der Waals surface area contributed by atoms with Crippen molar-refractivity contribution < 1.29 is 9.59 Å². The Morgan fingerprint density at radius 3 is 2.50 bits per heavy atom. The monoisotopic (exact) mass is 314 g/mol. The fraction of sp³-hybridized carbons (Fsp3) is 0.273. The van der Waals surface area contributed by atoms with Crippen LogP contribution >= 0.6 is 15.9 Å². The largest absolute Gasteiger partial charge is 0.398 e. The van der Waals surface area contributed by atoms with Crippen LogP contribution in [0.3, 0.4) is 0 Å². The number of benzene rings is 1. The van der Waals surface area contributed by atoms with Crippen molar-refractivity contribution in [2.24, 2.45) is 5.73 Å². The van der Waals surface area contributed by atoms with Gasteiger partial charge in [-0.3, -0.25) is 4.79 Å². The van der Waals surface area contributed by atoms with Gasteiger partial charge in [-0.1, -0.05) is 15.9 Å². The molecule has 98 valence electrons. The number of anilines is 1. The van der Waals surface area contributed by atoms with Crippen LogP contribution in [0.5, 0.6) is 0 Å². The molecule has 6 nitrogen and oxygen atoms in total. The van der Waals surface area contributed by atoms with Crippen molar-refractivity contribution >= 4 is 33.6 Å². The van der Waals surface area contributed by atoms with Crippen LogP contribution in [-0.2, 0) is 0 Å². The normalized spacial score (nSPS) is 9.89. The maximum absolute atomic E-state index is 11.9. The number of rotatable bonds is 4. The summed E-state index contributed by atoms with van der Waals surface area (Å²) in [7, 11) is 0. The van der Waals surface area contributed by atoms with Gasteiger partial charge >= 0.3 is 6.03 Å². The quantitative estimate of drug-likeness (QED) is 0.486. The van der Waals surface area contributed by atoms with Crippen LogP contribution in [0.4, 0.5) is 10.5 Å². The molecule has 3 amide bonds. The lowest BCUT2D eigenvalue weighted by molar-refractivity contribution is 0.0953. The van der Waals surface area contributed by atoms with Gasteiger partial charge in [-0.15, -0.1) is 0 Å². The number of nitrogens with two attached hydrogens (primary N) is 2. The first-order chi connectivity index (χ1) is 8.41. The third kappa shape index (κ3) is 3.92. The number of halogens is 1. The van der Waals surface area contributed by atoms with Crippen molar-refractivity contribution in [3.8, 4) is 0 Å². The Labute approximate surface area is 113 Å². The van der Waals surface area contributed by atoms with Crippen molar-refractivity contribution in [1.29, 1.82) is 0 Å². The molecule has 0 spiro atoms. The van der Waals surface area contributed by atoms with Gasteiger partial charge in [0.25, 0.3) is 5.91 Å². The summed E-state index contributed by atoms with van der Waals surface area (Å²) in [4.78, 5) is 22.3. The molecule has 0 atom stereocenters. The SMILES string of the molecule is Cc1c(N)cc(Br)cc1C(=O)NCCNC(N)=O. The Kier molecular flexibility index (Phi) is 4.96. The lowest BCUT2D eigenvalue weighted by atomic mass is 10.1. The molecule has 0 bridgehead atoms. The number of primary amides is 1. The summed E-state index contributed by atoms with van der Waals surface area (Å²) in [5, 5.41) is 5.04. The number of carbonyl (C=O) groups excluding carboxylic acids is 2. The second kappa shape index (κ2) is 6.25. The highest BCUT2D eigenvalue weighted by Gasteiger charge is 2.11. The van der Waals surface area contributed by atoms with Crippen molar-refractivity contribution in [2.75, 3.05) is 18.8 Å². The molecule has 6 N–H and O–H groups in total. The Bertz CT molecular complexity index is 476. The number of hydrogen-bond donors (Lipinski definition) is 4. The molecule has 1 aromatic carbocycles. The Balaban J connectivity index is 2.64. The minimum Gasteiger partial charge on any atom is -0.398 e. The predicted octanol–water partition coefficient (Wildman–Crippen LogP) is 0.738. The van der Waals surface area contributed by atoms with Gasteiger partial charge < -0.3 is 22.1 Å². The van der Waals surface area contributed by atoms with E-state index in [-0.39, 0.29) is 12.5 Å². The second-order valence-electron chi connectivity index (χ2n) is 3.71. The number of carbonyl (C=O) groups is 2. The van der Waals surface area contributed by atoms with Gasteiger partial charge in [-0.05, 0) is 24.6 Å². The van der Waals surface area contributed by atoms with Crippen LogP contribution in [0, 0.1) is 6.92 Å². The zero-order valence-corrected chi connectivity index (χ0v) is 11.5. The van der Waals surface area contributed by atoms with Gasteiger partial charge in [-0.2, -0.15) is 0 Å². The fourth-order valence-electron chi connectivity index (χ4n) is 1.39. The zero-order chi connectivity index (χ0) is 13.7. The van der Waals surface area contributed by atoms with E-state index in [4.69, 9.17) is 11.5 Å². The average Bonchev–Trinajstić information content (AvgIpc) is 2.28. The molecule has 0 aromatic heterocycles. The number of nitrogen functional groups attached to an aromatic ring is 1. The first-order valence-corrected chi connectivity index (χ1v) is 6.08. The summed E-state index contributed by atoms with van der Waals surface area (Å²) >= 11 is 3.28. The topological polar surface area (TPSA) is 110 Å². The smallest absolute Gasteiger partial charge is 0.312 e. The lowest BCUT2D eigenvalue weighted by Gasteiger charge is -2.10. The molecule has 1 aromatic rings. The summed E-state index contributed by atoms with van der Waals surface area (Å²) < 4.78 is 0.742. The summed E-state index contributed by atoms with van der Waals surface area (Å²) in [5.74, 6) is -0.244. The molecule has 7 heteroatoms. The third-order valence-corrected chi connectivity index (χ3v) is 2.82. The molecule has 18 heavy (non-hydrogen) atoms. The predicted molar refractivity (Wildman–Crippen MR) is 73.2 cm³/mol. The van der Waals surface area contributed by atoms with Gasteiger partial charge in [0, 0.05) is 28.8 Å². The van der Waals surface area contributed by atoms with Crippen LogP contribution in [0.15, 0.2) is 16.6 Å². The molecular weight excluding hydrogens is 300 g/mol. The van der Waals surface area contributed by atoms with Crippen LogP contribution in [0.25, 0.3) is 0 Å². The maximum atomic E-state index is 11.9. The lowest BCUT2D eigenvalue weighted by Crippen LogP contribution is -2.37. The first-order valence-electron chi connectivity index (χ1n) is 5.29. The first kappa shape index (κ1) is 14.3. The van der Waals surface area contributed by atoms with E-state index >= 15 is 0 Å². The van der Waals surface area contributed by atoms with E-state index in [0.717, 1.165) is 10.0 Å². The Hall–Kier alpha value is -1.76. The van der Waals surface area contributed by atoms with Crippen molar-refractivity contribution in [3.05, 3.63) is 27.7 Å². The van der Waals surface area contributed by atoms with Crippen molar-refractivity contribution in [3.63, 3.8) is 0 Å². The summed E-state index contributed by atoms with van der Waals surface area (Å²) in [6, 6.07) is 2.82. The van der Waals surface area contributed by atoms with Gasteiger partial charge in [0.15, 0.2) is 0 Å². The average molecular weight is 315 g/mol. The van der Waals surface area contributed by atoms with Crippen LogP contribution in [0.2, 0.25) is 0 Å². The fourth-order valence-corrected chi connectivity index (χ4v) is 1.87. The minimum atomic E-state index is -0.618. The Morgan fingerprint density at radius 2 is 1.89 bits per heavy atom. The van der Waals surface area contributed by atoms with E-state index in [1.165, 1.54) is 0 Å². The number of amides is 3. The zero-order valence-electron chi connectivity index (χ0n) is 9.92. The molecule has 0 saturated heterocycles. The molecule has 0 saturated carbocycles. The van der Waals surface area contributed by atoms with Crippen LogP contribution < -0.4 is 22.1 Å². The molecule has 0 radical (unpaired) electrons. The summed E-state index contributed by atoms with van der Waals surface area (Å²) in [5.41, 5.74) is 12.4. The van der Waals surface area contributed by atoms with Crippen molar-refractivity contribution in [1.82, 2.24) is 10.6 Å². The van der Waals surface area contributed by atoms with E-state index in [2.05, 4.69) is 26.6 Å². The van der Waals surface area contributed by atoms with Crippen molar-refractivity contribution in [2.45, 2.75) is 6.92 Å². The Morgan fingerprint density at radius 1 is 1.28 bits per heavy atom. The molecule has 0 aliphatic carbocycles. The standard InChI is InChI=1S/C11H15BrN4O2/c1-6-8(4-7(12)5-9(6)13)10(17)15-2-3-16-11(14)18/h4-5H,2-3,13H2,1H3,(H,15,17)(H3,14,16,18). The highest BCUT2D eigenvalue weighted by molar-refractivity contribution is 9.10. The number of hydrogen-bond acceptors (Lipinski definition) is 3. The third-order valence-electron chi connectivity index (χ3n) is 2.37. The molecule has 1 rings (SSSR count). The van der Waals surface area contributed by atoms with E-state index < -0.39 is 6.03 Å². The van der Waals surface area contributed by atoms with Gasteiger partial charge in [-0.25, -0.2) is 4.79 Å². The van der Waals surface area contributed by atoms with Gasteiger partial charge in [0.1, 0.15) is 0 Å². The summed E-state index contributed by atoms with van der Waals surface area (Å²) in [6.45, 7) is 2.36. The van der Waals surface area contributed by atoms with E-state index in [1.54, 1.807) is 19.1 Å². The van der Waals surface area contributed by atoms with E-state index in [9.17, 15) is 9.59 Å². The molecule has 0 heterocycles. The van der Waals surface area contributed by atoms with E-state index in [1.807, 2.05) is 0 Å². The van der Waals surface area contributed by atoms with Crippen LogP contribution in [0.1, 0.15) is 15.9 Å². The highest BCUT2D eigenvalue weighted by atomic mass is 79.9. The number of nitrogens with one attached hydrogen (secondary N) is 2. The molecule has 0 unspecified atom stereocenters. The second-order valence-corrected chi connectivity index (χ2v) is 4.63. The minimum absolute atomic E-state index is 0.244. The molecule has 0 fully saturated rings. The molecule has 0 aliphatic rings. The molecule has 0 aliphatic heterocycles. The molecular formula is C11H15BrN4O2. The highest BCUT2D eigenvalue weighted by Crippen LogP contribution is 2.22. The van der Waals surface area contributed by atoms with Gasteiger partial charge in [0.05, 0.1) is 0 Å². The number of urea groups is 1. The maximum Gasteiger partial charge on any atom is 0.312 e. The van der Waals surface area contributed by atoms with Crippen LogP contribution in [-0.4, -0.2) is 25.0 Å². The summed E-state index contributed by atoms with van der Waals surface area (Å²) in [6.07, 6.45) is 0.